The van der Waals surface area contributed by atoms with Crippen molar-refractivity contribution in [3.05, 3.63) is 24.3 Å². The number of hydrogen-bond acceptors (Lipinski definition) is 7. The fraction of sp³-hybridized carbons (Fsp3) is 0.652. The molecule has 1 fully saturated rings. The summed E-state index contributed by atoms with van der Waals surface area (Å²) in [4.78, 5) is 10.6. The third kappa shape index (κ3) is 8.03. The molecule has 0 radical (unpaired) electrons. The Balaban J connectivity index is 1.80. The van der Waals surface area contributed by atoms with Gasteiger partial charge in [0.2, 0.25) is 0 Å². The summed E-state index contributed by atoms with van der Waals surface area (Å²) in [5, 5.41) is 42.3. The van der Waals surface area contributed by atoms with Gasteiger partial charge in [-0.15, -0.1) is 0 Å². The van der Waals surface area contributed by atoms with Crippen LogP contribution in [0.25, 0.3) is 0 Å². The topological polar surface area (TPSA) is 129 Å². The lowest BCUT2D eigenvalue weighted by Gasteiger charge is -2.23. The molecule has 1 aliphatic carbocycles. The van der Waals surface area contributed by atoms with Crippen LogP contribution in [0.3, 0.4) is 0 Å². The maximum absolute atomic E-state index is 10.6. The van der Waals surface area contributed by atoms with Gasteiger partial charge < -0.3 is 30.0 Å². The molecule has 1 aliphatic rings. The van der Waals surface area contributed by atoms with Crippen LogP contribution in [-0.4, -0.2) is 58.1 Å². The van der Waals surface area contributed by atoms with Gasteiger partial charge in [0, 0.05) is 18.8 Å². The number of para-hydroxylation sites is 2. The summed E-state index contributed by atoms with van der Waals surface area (Å²) >= 11 is 0. The Kier molecular flexibility index (Phi) is 10.6. The molecule has 0 aromatic heterocycles. The molecule has 174 valence electrons. The molecule has 0 saturated heterocycles. The highest BCUT2D eigenvalue weighted by Crippen LogP contribution is 2.37. The van der Waals surface area contributed by atoms with Crippen molar-refractivity contribution >= 4 is 11.7 Å². The van der Waals surface area contributed by atoms with Crippen LogP contribution >= 0.6 is 0 Å². The van der Waals surface area contributed by atoms with E-state index in [9.17, 15) is 20.2 Å². The summed E-state index contributed by atoms with van der Waals surface area (Å²) in [6, 6.07) is 7.25. The average Bonchev–Trinajstić information content (AvgIpc) is 3.07. The van der Waals surface area contributed by atoms with Crippen molar-refractivity contribution in [2.75, 3.05) is 13.7 Å². The maximum atomic E-state index is 10.6. The summed E-state index contributed by atoms with van der Waals surface area (Å²) in [5.74, 6) is 0.293. The standard InChI is InChI=1S/C23H35NO7/c1-30-21-9-6-7-10-22(21)31-15-16(25)12-13-17-18(20(26)14-19(17)24-29)8-4-2-3-5-11-23(27)28/h6-7,9-10,16-18,20,25-26,29H,2-5,8,11-15H2,1H3,(H,27,28)/b24-19-/t16-,17?,18-,20+/m1/s1. The Morgan fingerprint density at radius 3 is 2.55 bits per heavy atom. The second-order valence-electron chi connectivity index (χ2n) is 8.17. The SMILES string of the molecule is COc1ccccc1OC[C@H](O)CCC1/C(=N\O)C[C@H](O)[C@@H]1CCCCCCC(=O)O. The van der Waals surface area contributed by atoms with Crippen molar-refractivity contribution < 1.29 is 34.8 Å². The number of methoxy groups -OCH3 is 1. The fourth-order valence-corrected chi connectivity index (χ4v) is 4.31. The van der Waals surface area contributed by atoms with Crippen LogP contribution < -0.4 is 9.47 Å². The molecule has 0 spiro atoms. The molecule has 0 aliphatic heterocycles. The number of nitrogens with zero attached hydrogens (tertiary/aromatic N) is 1. The molecule has 8 heteroatoms. The van der Waals surface area contributed by atoms with Crippen molar-refractivity contribution in [2.24, 2.45) is 17.0 Å². The molecule has 0 bridgehead atoms. The van der Waals surface area contributed by atoms with E-state index in [4.69, 9.17) is 14.6 Å². The lowest BCUT2D eigenvalue weighted by molar-refractivity contribution is -0.137. The molecule has 1 aromatic rings. The second-order valence-corrected chi connectivity index (χ2v) is 8.17. The number of unbranched alkanes of at least 4 members (excludes halogenated alkanes) is 3. The summed E-state index contributed by atoms with van der Waals surface area (Å²) < 4.78 is 10.9. The number of carboxylic acid groups (broad SMARTS) is 1. The van der Waals surface area contributed by atoms with E-state index >= 15 is 0 Å². The molecule has 4 N–H and O–H groups in total. The Morgan fingerprint density at radius 1 is 1.16 bits per heavy atom. The number of carbonyl (C=O) groups is 1. The molecule has 4 atom stereocenters. The number of carboxylic acids is 1. The fourth-order valence-electron chi connectivity index (χ4n) is 4.31. The zero-order valence-corrected chi connectivity index (χ0v) is 18.2. The minimum Gasteiger partial charge on any atom is -0.493 e. The molecular weight excluding hydrogens is 402 g/mol. The molecule has 31 heavy (non-hydrogen) atoms. The predicted molar refractivity (Wildman–Crippen MR) is 116 cm³/mol. The van der Waals surface area contributed by atoms with Crippen LogP contribution in [0.2, 0.25) is 0 Å². The molecule has 1 unspecified atom stereocenters. The van der Waals surface area contributed by atoms with Crippen molar-refractivity contribution in [1.82, 2.24) is 0 Å². The highest BCUT2D eigenvalue weighted by Gasteiger charge is 2.39. The van der Waals surface area contributed by atoms with Gasteiger partial charge in [-0.2, -0.15) is 0 Å². The number of aliphatic hydroxyl groups excluding tert-OH is 2. The van der Waals surface area contributed by atoms with Crippen molar-refractivity contribution in [2.45, 2.75) is 70.0 Å². The molecular formula is C23H35NO7. The van der Waals surface area contributed by atoms with Crippen LogP contribution in [0.15, 0.2) is 29.4 Å². The van der Waals surface area contributed by atoms with Gasteiger partial charge in [-0.05, 0) is 43.7 Å². The minimum atomic E-state index is -0.775. The maximum Gasteiger partial charge on any atom is 0.303 e. The third-order valence-corrected chi connectivity index (χ3v) is 5.98. The second kappa shape index (κ2) is 13.2. The zero-order chi connectivity index (χ0) is 22.6. The Hall–Kier alpha value is -2.32. The Morgan fingerprint density at radius 2 is 1.87 bits per heavy atom. The smallest absolute Gasteiger partial charge is 0.303 e. The normalized spacial score (nSPS) is 23.1. The zero-order valence-electron chi connectivity index (χ0n) is 18.2. The number of oxime groups is 1. The largest absolute Gasteiger partial charge is 0.493 e. The van der Waals surface area contributed by atoms with Gasteiger partial charge in [0.1, 0.15) is 6.61 Å². The predicted octanol–water partition coefficient (Wildman–Crippen LogP) is 3.47. The van der Waals surface area contributed by atoms with Crippen molar-refractivity contribution in [1.29, 1.82) is 0 Å². The summed E-state index contributed by atoms with van der Waals surface area (Å²) in [7, 11) is 1.56. The van der Waals surface area contributed by atoms with E-state index in [0.717, 1.165) is 25.7 Å². The molecule has 2 rings (SSSR count). The van der Waals surface area contributed by atoms with Gasteiger partial charge >= 0.3 is 5.97 Å². The van der Waals surface area contributed by atoms with E-state index in [0.29, 0.717) is 42.9 Å². The first-order valence-electron chi connectivity index (χ1n) is 11.0. The quantitative estimate of drug-likeness (QED) is 0.199. The number of benzene rings is 1. The van der Waals surface area contributed by atoms with E-state index in [-0.39, 0.29) is 24.9 Å². The van der Waals surface area contributed by atoms with E-state index in [2.05, 4.69) is 5.16 Å². The highest BCUT2D eigenvalue weighted by atomic mass is 16.5. The Labute approximate surface area is 183 Å². The van der Waals surface area contributed by atoms with E-state index < -0.39 is 18.2 Å². The van der Waals surface area contributed by atoms with E-state index in [1.54, 1.807) is 19.2 Å². The molecule has 0 heterocycles. The minimum absolute atomic E-state index is 0.0206. The number of aliphatic carboxylic acids is 1. The first-order valence-corrected chi connectivity index (χ1v) is 11.0. The monoisotopic (exact) mass is 437 g/mol. The first-order chi connectivity index (χ1) is 15.0. The van der Waals surface area contributed by atoms with E-state index in [1.165, 1.54) is 0 Å². The van der Waals surface area contributed by atoms with Crippen LogP contribution in [0, 0.1) is 11.8 Å². The lowest BCUT2D eigenvalue weighted by atomic mass is 9.85. The van der Waals surface area contributed by atoms with Gasteiger partial charge in [-0.25, -0.2) is 0 Å². The number of aliphatic hydroxyl groups is 2. The molecule has 0 amide bonds. The van der Waals surface area contributed by atoms with Gasteiger partial charge in [0.15, 0.2) is 11.5 Å². The molecule has 1 saturated carbocycles. The average molecular weight is 438 g/mol. The summed E-state index contributed by atoms with van der Waals surface area (Å²) in [6.07, 6.45) is 4.41. The molecule has 1 aromatic carbocycles. The van der Waals surface area contributed by atoms with Crippen LogP contribution in [0.5, 0.6) is 11.5 Å². The van der Waals surface area contributed by atoms with Gasteiger partial charge in [-0.1, -0.05) is 36.6 Å². The third-order valence-electron chi connectivity index (χ3n) is 5.98. The van der Waals surface area contributed by atoms with Gasteiger partial charge in [-0.3, -0.25) is 4.79 Å². The van der Waals surface area contributed by atoms with Crippen molar-refractivity contribution in [3.63, 3.8) is 0 Å². The molecule has 8 nitrogen and oxygen atoms in total. The lowest BCUT2D eigenvalue weighted by Crippen LogP contribution is -2.24. The number of hydrogen-bond donors (Lipinski definition) is 4. The number of rotatable bonds is 14. The van der Waals surface area contributed by atoms with Gasteiger partial charge in [0.05, 0.1) is 25.0 Å². The summed E-state index contributed by atoms with van der Waals surface area (Å²) in [6.45, 7) is 0.121. The van der Waals surface area contributed by atoms with Gasteiger partial charge in [0.25, 0.3) is 0 Å². The van der Waals surface area contributed by atoms with E-state index in [1.807, 2.05) is 12.1 Å². The highest BCUT2D eigenvalue weighted by molar-refractivity contribution is 5.89. The Bertz CT molecular complexity index is 709. The summed E-state index contributed by atoms with van der Waals surface area (Å²) in [5.41, 5.74) is 0.584. The van der Waals surface area contributed by atoms with Crippen LogP contribution in [-0.2, 0) is 4.79 Å². The first kappa shape index (κ1) is 24.9. The van der Waals surface area contributed by atoms with Crippen molar-refractivity contribution in [3.8, 4) is 11.5 Å². The number of ether oxygens (including phenoxy) is 2. The van der Waals surface area contributed by atoms with Crippen LogP contribution in [0.4, 0.5) is 0 Å². The van der Waals surface area contributed by atoms with Crippen LogP contribution in [0.1, 0.15) is 57.8 Å².